The molecule has 1 heterocycles. The molecule has 1 aliphatic rings. The van der Waals surface area contributed by atoms with Gasteiger partial charge in [-0.3, -0.25) is 9.59 Å². The van der Waals surface area contributed by atoms with E-state index in [4.69, 9.17) is 9.47 Å². The van der Waals surface area contributed by atoms with Gasteiger partial charge in [-0.2, -0.15) is 10.5 Å². The maximum absolute atomic E-state index is 12.6. The Bertz CT molecular complexity index is 943. The fourth-order valence-electron chi connectivity index (χ4n) is 2.90. The van der Waals surface area contributed by atoms with Crippen LogP contribution >= 0.6 is 11.8 Å². The molecule has 0 bridgehead atoms. The predicted octanol–water partition coefficient (Wildman–Crippen LogP) is 2.79. The molecule has 1 aromatic carbocycles. The summed E-state index contributed by atoms with van der Waals surface area (Å²) in [4.78, 5) is 24.9. The average molecular weight is 414 g/mol. The van der Waals surface area contributed by atoms with Gasteiger partial charge in [-0.15, -0.1) is 0 Å². The molecule has 1 aliphatic heterocycles. The van der Waals surface area contributed by atoms with Crippen LogP contribution in [0.25, 0.3) is 0 Å². The third-order valence-electron chi connectivity index (χ3n) is 4.65. The molecule has 1 aromatic rings. The predicted molar refractivity (Wildman–Crippen MR) is 109 cm³/mol. The van der Waals surface area contributed by atoms with Crippen molar-refractivity contribution >= 4 is 29.3 Å². The molecule has 29 heavy (non-hydrogen) atoms. The highest BCUT2D eigenvalue weighted by Crippen LogP contribution is 2.42. The van der Waals surface area contributed by atoms with Crippen molar-refractivity contribution in [3.8, 4) is 23.6 Å². The maximum Gasteiger partial charge on any atom is 0.243 e. The summed E-state index contributed by atoms with van der Waals surface area (Å²) in [5.74, 6) is -0.759. The quantitative estimate of drug-likeness (QED) is 0.733. The molecule has 2 N–H and O–H groups in total. The van der Waals surface area contributed by atoms with E-state index in [0.717, 1.165) is 11.8 Å². The molecule has 8 nitrogen and oxygen atoms in total. The highest BCUT2D eigenvalue weighted by molar-refractivity contribution is 8.04. The van der Waals surface area contributed by atoms with Gasteiger partial charge in [-0.1, -0.05) is 25.6 Å². The molecule has 2 amide bonds. The number of ether oxygens (including phenoxy) is 2. The second kappa shape index (κ2) is 8.89. The SMILES string of the molecule is COc1ccc(NC(=O)[C@H](C)SC2=C(C#N)C(C)(C)[C@H](C#N)C(=O)N2)cc1OC. The minimum Gasteiger partial charge on any atom is -0.493 e. The number of nitrogens with zero attached hydrogens (tertiary/aromatic N) is 2. The van der Waals surface area contributed by atoms with Crippen molar-refractivity contribution in [1.29, 1.82) is 10.5 Å². The smallest absolute Gasteiger partial charge is 0.243 e. The Morgan fingerprint density at radius 3 is 2.48 bits per heavy atom. The number of methoxy groups -OCH3 is 2. The highest BCUT2D eigenvalue weighted by Gasteiger charge is 2.45. The van der Waals surface area contributed by atoms with Gasteiger partial charge in [0.15, 0.2) is 11.5 Å². The number of thioether (sulfide) groups is 1. The summed E-state index contributed by atoms with van der Waals surface area (Å²) < 4.78 is 10.4. The summed E-state index contributed by atoms with van der Waals surface area (Å²) in [5.41, 5.74) is -0.153. The second-order valence-corrected chi connectivity index (χ2v) is 8.26. The van der Waals surface area contributed by atoms with Gasteiger partial charge >= 0.3 is 0 Å². The Morgan fingerprint density at radius 1 is 1.28 bits per heavy atom. The minimum atomic E-state index is -0.975. The first-order valence-electron chi connectivity index (χ1n) is 8.74. The summed E-state index contributed by atoms with van der Waals surface area (Å²) in [7, 11) is 3.02. The fraction of sp³-hybridized carbons (Fsp3) is 0.400. The normalized spacial score (nSPS) is 18.7. The van der Waals surface area contributed by atoms with Gasteiger partial charge in [0.25, 0.3) is 0 Å². The van der Waals surface area contributed by atoms with Crippen molar-refractivity contribution < 1.29 is 19.1 Å². The van der Waals surface area contributed by atoms with Crippen LogP contribution in [-0.4, -0.2) is 31.3 Å². The molecule has 0 fully saturated rings. The van der Waals surface area contributed by atoms with E-state index in [1.54, 1.807) is 39.0 Å². The van der Waals surface area contributed by atoms with Crippen LogP contribution in [-0.2, 0) is 9.59 Å². The first-order chi connectivity index (χ1) is 13.7. The van der Waals surface area contributed by atoms with E-state index in [1.165, 1.54) is 14.2 Å². The van der Waals surface area contributed by atoms with Gasteiger partial charge in [-0.05, 0) is 19.1 Å². The van der Waals surface area contributed by atoms with Crippen molar-refractivity contribution in [2.75, 3.05) is 19.5 Å². The van der Waals surface area contributed by atoms with E-state index in [0.29, 0.717) is 22.2 Å². The number of nitrogens with one attached hydrogen (secondary N) is 2. The topological polar surface area (TPSA) is 124 Å². The van der Waals surface area contributed by atoms with Crippen molar-refractivity contribution in [2.45, 2.75) is 26.0 Å². The highest BCUT2D eigenvalue weighted by atomic mass is 32.2. The van der Waals surface area contributed by atoms with Gasteiger partial charge in [0, 0.05) is 17.2 Å². The Hall–Kier alpha value is -3.17. The van der Waals surface area contributed by atoms with Crippen LogP contribution in [0.1, 0.15) is 20.8 Å². The monoisotopic (exact) mass is 414 g/mol. The maximum atomic E-state index is 12.6. The molecule has 0 spiro atoms. The van der Waals surface area contributed by atoms with Crippen LogP contribution < -0.4 is 20.1 Å². The summed E-state index contributed by atoms with van der Waals surface area (Å²) >= 11 is 1.06. The number of anilines is 1. The lowest BCUT2D eigenvalue weighted by atomic mass is 9.72. The van der Waals surface area contributed by atoms with Crippen molar-refractivity contribution in [2.24, 2.45) is 11.3 Å². The van der Waals surface area contributed by atoms with Gasteiger partial charge in [0.1, 0.15) is 5.92 Å². The van der Waals surface area contributed by atoms with E-state index in [9.17, 15) is 20.1 Å². The van der Waals surface area contributed by atoms with Crippen LogP contribution in [0.3, 0.4) is 0 Å². The first kappa shape index (κ1) is 22.1. The molecule has 0 aromatic heterocycles. The fourth-order valence-corrected chi connectivity index (χ4v) is 4.01. The van der Waals surface area contributed by atoms with Crippen molar-refractivity contribution in [3.05, 3.63) is 28.8 Å². The largest absolute Gasteiger partial charge is 0.493 e. The molecule has 0 saturated heterocycles. The second-order valence-electron chi connectivity index (χ2n) is 6.91. The van der Waals surface area contributed by atoms with E-state index in [2.05, 4.69) is 16.7 Å². The van der Waals surface area contributed by atoms with E-state index >= 15 is 0 Å². The van der Waals surface area contributed by atoms with Crippen molar-refractivity contribution in [1.82, 2.24) is 5.32 Å². The van der Waals surface area contributed by atoms with Crippen LogP contribution in [0.4, 0.5) is 5.69 Å². The first-order valence-corrected chi connectivity index (χ1v) is 9.62. The molecule has 0 aliphatic carbocycles. The van der Waals surface area contributed by atoms with Crippen LogP contribution in [0.5, 0.6) is 11.5 Å². The summed E-state index contributed by atoms with van der Waals surface area (Å²) in [6.07, 6.45) is 0. The molecule has 152 valence electrons. The molecule has 0 unspecified atom stereocenters. The van der Waals surface area contributed by atoms with Gasteiger partial charge in [0.2, 0.25) is 11.8 Å². The Morgan fingerprint density at radius 2 is 1.93 bits per heavy atom. The zero-order valence-electron chi connectivity index (χ0n) is 16.8. The Kier molecular flexibility index (Phi) is 6.78. The average Bonchev–Trinajstić information content (AvgIpc) is 2.67. The molecular formula is C20H22N4O4S. The Balaban J connectivity index is 2.21. The number of carbonyl (C=O) groups excluding carboxylic acids is 2. The van der Waals surface area contributed by atoms with E-state index in [-0.39, 0.29) is 11.5 Å². The third-order valence-corrected chi connectivity index (χ3v) is 5.76. The number of amides is 2. The number of hydrogen-bond acceptors (Lipinski definition) is 7. The number of carbonyl (C=O) groups is 2. The molecule has 9 heteroatoms. The number of allylic oxidation sites excluding steroid dienone is 1. The minimum absolute atomic E-state index is 0.277. The van der Waals surface area contributed by atoms with Crippen LogP contribution in [0.2, 0.25) is 0 Å². The Labute approximate surface area is 173 Å². The van der Waals surface area contributed by atoms with Crippen LogP contribution in [0.15, 0.2) is 28.8 Å². The number of rotatable bonds is 6. The lowest BCUT2D eigenvalue weighted by molar-refractivity contribution is -0.125. The lowest BCUT2D eigenvalue weighted by Gasteiger charge is -2.35. The standard InChI is InChI=1S/C20H22N4O4S/c1-11(17(25)23-12-6-7-15(27-4)16(8-12)28-5)29-19-14(10-22)20(2,3)13(9-21)18(26)24-19/h6-8,11,13H,1-5H3,(H,23,25)(H,24,26)/t11-,13+/m0/s1. The summed E-state index contributed by atoms with van der Waals surface area (Å²) in [6, 6.07) is 9.02. The van der Waals surface area contributed by atoms with E-state index < -0.39 is 22.5 Å². The van der Waals surface area contributed by atoms with E-state index in [1.807, 2.05) is 6.07 Å². The van der Waals surface area contributed by atoms with Gasteiger partial charge in [-0.25, -0.2) is 0 Å². The van der Waals surface area contributed by atoms with Crippen molar-refractivity contribution in [3.63, 3.8) is 0 Å². The molecule has 2 rings (SSSR count). The number of nitriles is 2. The summed E-state index contributed by atoms with van der Waals surface area (Å²) in [6.45, 7) is 5.01. The summed E-state index contributed by atoms with van der Waals surface area (Å²) in [5, 5.41) is 23.9. The zero-order valence-corrected chi connectivity index (χ0v) is 17.6. The third kappa shape index (κ3) is 4.47. The van der Waals surface area contributed by atoms with Crippen LogP contribution in [0, 0.1) is 34.0 Å². The molecular weight excluding hydrogens is 392 g/mol. The molecule has 0 saturated carbocycles. The number of hydrogen-bond donors (Lipinski definition) is 2. The van der Waals surface area contributed by atoms with Gasteiger partial charge in [0.05, 0.1) is 42.2 Å². The molecule has 2 atom stereocenters. The lowest BCUT2D eigenvalue weighted by Crippen LogP contribution is -2.45. The molecule has 0 radical (unpaired) electrons. The zero-order chi connectivity index (χ0) is 21.8. The number of benzene rings is 1. The van der Waals surface area contributed by atoms with Gasteiger partial charge < -0.3 is 20.1 Å².